The topological polar surface area (TPSA) is 51.2 Å². The van der Waals surface area contributed by atoms with Gasteiger partial charge in [0.1, 0.15) is 5.75 Å². The van der Waals surface area contributed by atoms with E-state index in [0.717, 1.165) is 6.08 Å². The number of nitrogens with one attached hydrogen (secondary N) is 1. The number of halogens is 2. The number of benzene rings is 1. The number of hydrogen-bond acceptors (Lipinski definition) is 4. The van der Waals surface area contributed by atoms with Crippen molar-refractivity contribution >= 4 is 32.6 Å². The van der Waals surface area contributed by atoms with E-state index in [4.69, 9.17) is 0 Å². The minimum absolute atomic E-state index is 0.0581. The van der Waals surface area contributed by atoms with Crippen LogP contribution in [-0.2, 0) is 4.79 Å². The number of alkyl halides is 2. The van der Waals surface area contributed by atoms with Crippen LogP contribution >= 0.6 is 11.3 Å². The summed E-state index contributed by atoms with van der Waals surface area (Å²) in [6.45, 7) is 0.453. The Balaban J connectivity index is 2.27. The van der Waals surface area contributed by atoms with Crippen molar-refractivity contribution in [2.24, 2.45) is 0 Å². The fourth-order valence-corrected chi connectivity index (χ4v) is 2.19. The Kier molecular flexibility index (Phi) is 3.52. The molecule has 1 aromatic carbocycles. The highest BCUT2D eigenvalue weighted by atomic mass is 32.1. The number of thiazole rings is 1. The lowest BCUT2D eigenvalue weighted by Crippen LogP contribution is -2.06. The maximum atomic E-state index is 12.0. The van der Waals surface area contributed by atoms with Gasteiger partial charge in [0.15, 0.2) is 5.13 Å². The third kappa shape index (κ3) is 2.80. The normalized spacial score (nSPS) is 10.6. The molecule has 1 aromatic heterocycles. The highest BCUT2D eigenvalue weighted by Gasteiger charge is 2.09. The fraction of sp³-hybridized carbons (Fsp3) is 0.0909. The van der Waals surface area contributed by atoms with Crippen LogP contribution in [0.4, 0.5) is 13.9 Å². The number of fused-ring (bicyclic) bond motifs is 1. The Morgan fingerprint density at radius 1 is 1.56 bits per heavy atom. The summed E-state index contributed by atoms with van der Waals surface area (Å²) in [5.74, 6) is -0.319. The number of rotatable bonds is 4. The van der Waals surface area contributed by atoms with E-state index in [9.17, 15) is 13.6 Å². The molecule has 0 aliphatic carbocycles. The summed E-state index contributed by atoms with van der Waals surface area (Å²) < 4.78 is 29.0. The van der Waals surface area contributed by atoms with Crippen molar-refractivity contribution in [3.8, 4) is 5.75 Å². The number of ether oxygens (including phenoxy) is 1. The van der Waals surface area contributed by atoms with Crippen LogP contribution in [0.3, 0.4) is 0 Å². The molecule has 0 saturated carbocycles. The zero-order valence-electron chi connectivity index (χ0n) is 9.02. The summed E-state index contributed by atoms with van der Waals surface area (Å²) in [5.41, 5.74) is 0.598. The molecule has 18 heavy (non-hydrogen) atoms. The van der Waals surface area contributed by atoms with Crippen molar-refractivity contribution in [1.82, 2.24) is 4.98 Å². The molecule has 1 N–H and O–H groups in total. The molecule has 4 nitrogen and oxygen atoms in total. The first-order chi connectivity index (χ1) is 8.58. The molecule has 1 amide bonds. The Morgan fingerprint density at radius 3 is 3.00 bits per heavy atom. The summed E-state index contributed by atoms with van der Waals surface area (Å²) in [5, 5.41) is 2.88. The van der Waals surface area contributed by atoms with Crippen LogP contribution < -0.4 is 10.1 Å². The zero-order chi connectivity index (χ0) is 13.1. The Labute approximate surface area is 105 Å². The van der Waals surface area contributed by atoms with Gasteiger partial charge in [0.2, 0.25) is 5.91 Å². The van der Waals surface area contributed by atoms with Gasteiger partial charge in [0, 0.05) is 0 Å². The summed E-state index contributed by atoms with van der Waals surface area (Å²) in [6.07, 6.45) is 1.12. The smallest absolute Gasteiger partial charge is 0.387 e. The van der Waals surface area contributed by atoms with Crippen LogP contribution in [0, 0.1) is 0 Å². The average Bonchev–Trinajstić information content (AvgIpc) is 2.69. The molecule has 2 aromatic rings. The van der Waals surface area contributed by atoms with Crippen molar-refractivity contribution < 1.29 is 18.3 Å². The molecule has 0 unspecified atom stereocenters. The van der Waals surface area contributed by atoms with Crippen molar-refractivity contribution in [2.75, 3.05) is 5.32 Å². The first kappa shape index (κ1) is 12.4. The van der Waals surface area contributed by atoms with Crippen LogP contribution in [0.1, 0.15) is 0 Å². The molecule has 0 bridgehead atoms. The Morgan fingerprint density at radius 2 is 2.33 bits per heavy atom. The average molecular weight is 270 g/mol. The van der Waals surface area contributed by atoms with E-state index in [1.165, 1.54) is 23.5 Å². The summed E-state index contributed by atoms with van der Waals surface area (Å²) in [4.78, 5) is 15.2. The summed E-state index contributed by atoms with van der Waals surface area (Å²) in [7, 11) is 0. The van der Waals surface area contributed by atoms with E-state index >= 15 is 0 Å². The largest absolute Gasteiger partial charge is 0.435 e. The van der Waals surface area contributed by atoms with Gasteiger partial charge < -0.3 is 4.74 Å². The molecule has 0 radical (unpaired) electrons. The standard InChI is InChI=1S/C11H8F2N2O2S/c1-2-9(16)15-11-14-7-4-3-6(17-10(12)13)5-8(7)18-11/h2-5,10H,1H2,(H,14,15,16). The number of carbonyl (C=O) groups is 1. The van der Waals surface area contributed by atoms with Crippen molar-refractivity contribution in [3.63, 3.8) is 0 Å². The van der Waals surface area contributed by atoms with Crippen molar-refractivity contribution in [2.45, 2.75) is 6.61 Å². The third-order valence-corrected chi connectivity index (χ3v) is 2.93. The monoisotopic (exact) mass is 270 g/mol. The van der Waals surface area contributed by atoms with Gasteiger partial charge in [0.25, 0.3) is 0 Å². The van der Waals surface area contributed by atoms with Gasteiger partial charge in [-0.2, -0.15) is 8.78 Å². The van der Waals surface area contributed by atoms with E-state index in [1.807, 2.05) is 0 Å². The first-order valence-electron chi connectivity index (χ1n) is 4.87. The molecule has 0 saturated heterocycles. The number of nitrogens with zero attached hydrogens (tertiary/aromatic N) is 1. The van der Waals surface area contributed by atoms with E-state index in [1.54, 1.807) is 6.07 Å². The Bertz CT molecular complexity index is 598. The molecular weight excluding hydrogens is 262 g/mol. The lowest BCUT2D eigenvalue weighted by atomic mass is 10.3. The van der Waals surface area contributed by atoms with E-state index in [-0.39, 0.29) is 11.7 Å². The van der Waals surface area contributed by atoms with Crippen LogP contribution in [0.15, 0.2) is 30.9 Å². The van der Waals surface area contributed by atoms with Gasteiger partial charge in [-0.1, -0.05) is 17.9 Å². The highest BCUT2D eigenvalue weighted by molar-refractivity contribution is 7.22. The third-order valence-electron chi connectivity index (χ3n) is 2.00. The van der Waals surface area contributed by atoms with Crippen LogP contribution in [0.5, 0.6) is 5.75 Å². The molecule has 0 atom stereocenters. The maximum Gasteiger partial charge on any atom is 0.387 e. The van der Waals surface area contributed by atoms with Crippen LogP contribution in [0.25, 0.3) is 10.2 Å². The lowest BCUT2D eigenvalue weighted by Gasteiger charge is -2.02. The molecule has 94 valence electrons. The number of anilines is 1. The number of aromatic nitrogens is 1. The van der Waals surface area contributed by atoms with Gasteiger partial charge >= 0.3 is 6.61 Å². The van der Waals surface area contributed by atoms with Crippen molar-refractivity contribution in [3.05, 3.63) is 30.9 Å². The molecule has 1 heterocycles. The molecule has 0 aliphatic heterocycles. The molecule has 7 heteroatoms. The quantitative estimate of drug-likeness (QED) is 0.869. The highest BCUT2D eigenvalue weighted by Crippen LogP contribution is 2.29. The molecule has 0 spiro atoms. The molecule has 2 rings (SSSR count). The number of carbonyl (C=O) groups excluding carboxylic acids is 1. The Hall–Kier alpha value is -2.02. The lowest BCUT2D eigenvalue weighted by molar-refractivity contribution is -0.111. The SMILES string of the molecule is C=CC(=O)Nc1nc2ccc(OC(F)F)cc2s1. The minimum Gasteiger partial charge on any atom is -0.435 e. The second-order valence-corrected chi connectivity index (χ2v) is 4.25. The number of amides is 1. The predicted molar refractivity (Wildman–Crippen MR) is 65.1 cm³/mol. The second-order valence-electron chi connectivity index (χ2n) is 3.22. The van der Waals surface area contributed by atoms with E-state index < -0.39 is 6.61 Å². The van der Waals surface area contributed by atoms with Gasteiger partial charge in [-0.05, 0) is 24.3 Å². The minimum atomic E-state index is -2.87. The van der Waals surface area contributed by atoms with Gasteiger partial charge in [-0.15, -0.1) is 0 Å². The fourth-order valence-electron chi connectivity index (χ4n) is 1.29. The van der Waals surface area contributed by atoms with Crippen LogP contribution in [-0.4, -0.2) is 17.5 Å². The maximum absolute atomic E-state index is 12.0. The van der Waals surface area contributed by atoms with E-state index in [2.05, 4.69) is 21.6 Å². The second kappa shape index (κ2) is 5.09. The van der Waals surface area contributed by atoms with E-state index in [0.29, 0.717) is 15.3 Å². The van der Waals surface area contributed by atoms with Gasteiger partial charge in [0.05, 0.1) is 10.2 Å². The van der Waals surface area contributed by atoms with Gasteiger partial charge in [-0.3, -0.25) is 10.1 Å². The van der Waals surface area contributed by atoms with Crippen LogP contribution in [0.2, 0.25) is 0 Å². The molecule has 0 aliphatic rings. The van der Waals surface area contributed by atoms with Crippen molar-refractivity contribution in [1.29, 1.82) is 0 Å². The summed E-state index contributed by atoms with van der Waals surface area (Å²) in [6, 6.07) is 4.39. The van der Waals surface area contributed by atoms with Gasteiger partial charge in [-0.25, -0.2) is 4.98 Å². The number of hydrogen-bond donors (Lipinski definition) is 1. The predicted octanol–water partition coefficient (Wildman–Crippen LogP) is 3.02. The first-order valence-corrected chi connectivity index (χ1v) is 5.69. The molecule has 0 fully saturated rings. The molecular formula is C11H8F2N2O2S. The zero-order valence-corrected chi connectivity index (χ0v) is 9.84. The summed E-state index contributed by atoms with van der Waals surface area (Å²) >= 11 is 1.17.